The van der Waals surface area contributed by atoms with Gasteiger partial charge < -0.3 is 9.47 Å². The summed E-state index contributed by atoms with van der Waals surface area (Å²) in [4.78, 5) is -0.722. The third-order valence-electron chi connectivity index (χ3n) is 2.10. The van der Waals surface area contributed by atoms with Crippen molar-refractivity contribution in [2.75, 3.05) is 19.8 Å². The molecule has 0 aliphatic rings. The van der Waals surface area contributed by atoms with Crippen LogP contribution in [0.2, 0.25) is 0 Å². The Morgan fingerprint density at radius 3 is 2.47 bits per heavy atom. The monoisotopic (exact) mass is 295 g/mol. The maximum absolute atomic E-state index is 13.5. The van der Waals surface area contributed by atoms with Gasteiger partial charge in [0.15, 0.2) is 11.6 Å². The average Bonchev–Trinajstić information content (AvgIpc) is 2.29. The second-order valence-electron chi connectivity index (χ2n) is 3.72. The molecule has 8 heteroatoms. The number of benzene rings is 1. The van der Waals surface area contributed by atoms with Crippen molar-refractivity contribution in [3.05, 3.63) is 23.8 Å². The summed E-state index contributed by atoms with van der Waals surface area (Å²) in [6.07, 6.45) is 0.813. The molecule has 19 heavy (non-hydrogen) atoms. The minimum absolute atomic E-state index is 0.0644. The topological polar surface area (TPSA) is 78.6 Å². The van der Waals surface area contributed by atoms with Crippen molar-refractivity contribution in [3.8, 4) is 5.75 Å². The van der Waals surface area contributed by atoms with Crippen molar-refractivity contribution in [1.29, 1.82) is 0 Å². The van der Waals surface area contributed by atoms with E-state index in [0.717, 1.165) is 6.42 Å². The first kappa shape index (κ1) is 15.8. The Morgan fingerprint density at radius 1 is 1.21 bits per heavy atom. The number of hydrogen-bond acceptors (Lipinski definition) is 4. The third kappa shape index (κ3) is 4.73. The fourth-order valence-electron chi connectivity index (χ4n) is 1.34. The SMILES string of the molecule is CCCOCCOc1c(F)cc(F)cc1S(N)(=O)=O. The smallest absolute Gasteiger partial charge is 0.241 e. The van der Waals surface area contributed by atoms with E-state index < -0.39 is 32.3 Å². The van der Waals surface area contributed by atoms with Crippen LogP contribution in [-0.2, 0) is 14.8 Å². The molecule has 0 spiro atoms. The van der Waals surface area contributed by atoms with Crippen LogP contribution in [-0.4, -0.2) is 28.2 Å². The molecule has 0 radical (unpaired) electrons. The van der Waals surface area contributed by atoms with Gasteiger partial charge in [0, 0.05) is 12.7 Å². The van der Waals surface area contributed by atoms with Gasteiger partial charge in [0.05, 0.1) is 6.61 Å². The van der Waals surface area contributed by atoms with Gasteiger partial charge in [-0.1, -0.05) is 6.92 Å². The Bertz CT molecular complexity index is 534. The van der Waals surface area contributed by atoms with Crippen LogP contribution < -0.4 is 9.88 Å². The minimum atomic E-state index is -4.27. The van der Waals surface area contributed by atoms with Crippen LogP contribution >= 0.6 is 0 Å². The molecule has 1 rings (SSSR count). The Kier molecular flexibility index (Phi) is 5.64. The second kappa shape index (κ2) is 6.78. The van der Waals surface area contributed by atoms with Crippen molar-refractivity contribution >= 4 is 10.0 Å². The highest BCUT2D eigenvalue weighted by Crippen LogP contribution is 2.27. The zero-order valence-corrected chi connectivity index (χ0v) is 11.2. The van der Waals surface area contributed by atoms with Crippen LogP contribution in [0, 0.1) is 11.6 Å². The molecule has 0 amide bonds. The molecule has 1 aromatic carbocycles. The average molecular weight is 295 g/mol. The maximum atomic E-state index is 13.5. The highest BCUT2D eigenvalue weighted by atomic mass is 32.2. The van der Waals surface area contributed by atoms with Crippen LogP contribution in [0.3, 0.4) is 0 Å². The molecule has 0 bridgehead atoms. The van der Waals surface area contributed by atoms with E-state index in [1.54, 1.807) is 0 Å². The summed E-state index contributed by atoms with van der Waals surface area (Å²) in [6.45, 7) is 2.52. The Morgan fingerprint density at radius 2 is 1.89 bits per heavy atom. The van der Waals surface area contributed by atoms with Crippen molar-refractivity contribution in [3.63, 3.8) is 0 Å². The predicted molar refractivity (Wildman–Crippen MR) is 64.3 cm³/mol. The fraction of sp³-hybridized carbons (Fsp3) is 0.455. The summed E-state index contributed by atoms with van der Waals surface area (Å²) < 4.78 is 59.0. The summed E-state index contributed by atoms with van der Waals surface area (Å²) in [5, 5.41) is 4.87. The number of nitrogens with two attached hydrogens (primary N) is 1. The number of sulfonamides is 1. The molecule has 1 aromatic rings. The van der Waals surface area contributed by atoms with E-state index >= 15 is 0 Å². The molecule has 0 atom stereocenters. The first-order valence-corrected chi connectivity index (χ1v) is 7.13. The van der Waals surface area contributed by atoms with Crippen LogP contribution in [0.25, 0.3) is 0 Å². The van der Waals surface area contributed by atoms with Gasteiger partial charge in [0.1, 0.15) is 17.3 Å². The lowest BCUT2D eigenvalue weighted by atomic mass is 10.3. The Labute approximate surface area is 110 Å². The lowest BCUT2D eigenvalue weighted by Crippen LogP contribution is -2.16. The summed E-state index contributed by atoms with van der Waals surface area (Å²) >= 11 is 0. The second-order valence-corrected chi connectivity index (χ2v) is 5.25. The van der Waals surface area contributed by atoms with Crippen molar-refractivity contribution in [1.82, 2.24) is 0 Å². The van der Waals surface area contributed by atoms with E-state index in [1.807, 2.05) is 6.92 Å². The molecule has 0 heterocycles. The van der Waals surface area contributed by atoms with Gasteiger partial charge in [-0.25, -0.2) is 22.3 Å². The molecule has 0 saturated carbocycles. The zero-order chi connectivity index (χ0) is 14.5. The van der Waals surface area contributed by atoms with Gasteiger partial charge in [0.2, 0.25) is 10.0 Å². The van der Waals surface area contributed by atoms with Crippen LogP contribution in [0.5, 0.6) is 5.75 Å². The number of halogens is 2. The molecule has 0 unspecified atom stereocenters. The van der Waals surface area contributed by atoms with Crippen molar-refractivity contribution < 1.29 is 26.7 Å². The maximum Gasteiger partial charge on any atom is 0.241 e. The number of ether oxygens (including phenoxy) is 2. The summed E-state index contributed by atoms with van der Waals surface area (Å²) in [7, 11) is -4.27. The highest BCUT2D eigenvalue weighted by molar-refractivity contribution is 7.89. The molecule has 0 fully saturated rings. The van der Waals surface area contributed by atoms with Crippen LogP contribution in [0.4, 0.5) is 8.78 Å². The Hall–Kier alpha value is -1.25. The van der Waals surface area contributed by atoms with E-state index in [2.05, 4.69) is 0 Å². The molecular formula is C11H15F2NO4S. The lowest BCUT2D eigenvalue weighted by molar-refractivity contribution is 0.0979. The van der Waals surface area contributed by atoms with E-state index in [-0.39, 0.29) is 13.2 Å². The number of hydrogen-bond donors (Lipinski definition) is 1. The summed E-state index contributed by atoms with van der Waals surface area (Å²) in [6, 6.07) is 1.14. The zero-order valence-electron chi connectivity index (χ0n) is 10.4. The molecule has 0 aliphatic carbocycles. The quantitative estimate of drug-likeness (QED) is 0.772. The first-order chi connectivity index (χ1) is 8.86. The first-order valence-electron chi connectivity index (χ1n) is 5.58. The normalized spacial score (nSPS) is 11.6. The molecule has 2 N–H and O–H groups in total. The summed E-state index contributed by atoms with van der Waals surface area (Å²) in [5.41, 5.74) is 0. The van der Waals surface area contributed by atoms with Crippen molar-refractivity contribution in [2.45, 2.75) is 18.2 Å². The van der Waals surface area contributed by atoms with Crippen LogP contribution in [0.1, 0.15) is 13.3 Å². The molecule has 108 valence electrons. The predicted octanol–water partition coefficient (Wildman–Crippen LogP) is 1.42. The van der Waals surface area contributed by atoms with E-state index in [4.69, 9.17) is 14.6 Å². The summed E-state index contributed by atoms with van der Waals surface area (Å²) in [5.74, 6) is -2.76. The van der Waals surface area contributed by atoms with Gasteiger partial charge in [-0.3, -0.25) is 0 Å². The third-order valence-corrected chi connectivity index (χ3v) is 3.02. The standard InChI is InChI=1S/C11H15F2NO4S/c1-2-3-17-4-5-18-11-9(13)6-8(12)7-10(11)19(14,15)16/h6-7H,2-5H2,1H3,(H2,14,15,16). The largest absolute Gasteiger partial charge is 0.487 e. The Balaban J connectivity index is 2.87. The van der Waals surface area contributed by atoms with Crippen molar-refractivity contribution in [2.24, 2.45) is 5.14 Å². The van der Waals surface area contributed by atoms with E-state index in [1.165, 1.54) is 0 Å². The van der Waals surface area contributed by atoms with Crippen LogP contribution in [0.15, 0.2) is 17.0 Å². The minimum Gasteiger partial charge on any atom is -0.487 e. The van der Waals surface area contributed by atoms with Gasteiger partial charge in [-0.15, -0.1) is 0 Å². The van der Waals surface area contributed by atoms with Gasteiger partial charge in [-0.05, 0) is 12.5 Å². The number of rotatable bonds is 7. The molecule has 0 aromatic heterocycles. The molecular weight excluding hydrogens is 280 g/mol. The fourth-order valence-corrected chi connectivity index (χ4v) is 2.03. The molecule has 0 aliphatic heterocycles. The molecule has 0 saturated heterocycles. The van der Waals surface area contributed by atoms with Gasteiger partial charge >= 0.3 is 0 Å². The molecule has 5 nitrogen and oxygen atoms in total. The highest BCUT2D eigenvalue weighted by Gasteiger charge is 2.21. The number of primary sulfonamides is 1. The van der Waals surface area contributed by atoms with Gasteiger partial charge in [0.25, 0.3) is 0 Å². The van der Waals surface area contributed by atoms with E-state index in [0.29, 0.717) is 18.7 Å². The van der Waals surface area contributed by atoms with Gasteiger partial charge in [-0.2, -0.15) is 0 Å². The van der Waals surface area contributed by atoms with E-state index in [9.17, 15) is 17.2 Å². The lowest BCUT2D eigenvalue weighted by Gasteiger charge is -2.11.